The number of aryl methyl sites for hydroxylation is 3. The van der Waals surface area contributed by atoms with Crippen molar-refractivity contribution in [1.29, 1.82) is 0 Å². The van der Waals surface area contributed by atoms with Gasteiger partial charge in [-0.1, -0.05) is 0 Å². The molecule has 3 heterocycles. The molecule has 0 saturated carbocycles. The van der Waals surface area contributed by atoms with E-state index >= 15 is 0 Å². The molecule has 5 nitrogen and oxygen atoms in total. The zero-order chi connectivity index (χ0) is 16.2. The zero-order valence-electron chi connectivity index (χ0n) is 13.9. The van der Waals surface area contributed by atoms with E-state index in [0.717, 1.165) is 48.9 Å². The van der Waals surface area contributed by atoms with Crippen LogP contribution in [0.15, 0.2) is 17.8 Å². The molecule has 1 unspecified atom stereocenters. The Balaban J connectivity index is 1.61. The first-order chi connectivity index (χ1) is 11.1. The third-order valence-electron chi connectivity index (χ3n) is 4.57. The largest absolute Gasteiger partial charge is 0.339 e. The lowest BCUT2D eigenvalue weighted by Gasteiger charge is -2.36. The number of piperidine rings is 1. The van der Waals surface area contributed by atoms with Crippen molar-refractivity contribution in [1.82, 2.24) is 19.4 Å². The van der Waals surface area contributed by atoms with E-state index in [1.54, 1.807) is 11.3 Å². The number of imidazole rings is 1. The smallest absolute Gasteiger partial charge is 0.228 e. The van der Waals surface area contributed by atoms with Crippen LogP contribution in [0, 0.1) is 13.8 Å². The van der Waals surface area contributed by atoms with Crippen LogP contribution >= 0.6 is 11.3 Å². The van der Waals surface area contributed by atoms with Gasteiger partial charge in [-0.05, 0) is 39.5 Å². The standard InChI is InChI=1S/C17H24N4OS/c1-13-18-7-10-20(13)9-6-16-5-3-4-8-21(16)17(22)11-15-12-23-14(2)19-15/h7,10,12,16H,3-6,8-9,11H2,1-2H3. The van der Waals surface area contributed by atoms with Crippen LogP contribution in [-0.4, -0.2) is 37.9 Å². The Morgan fingerprint density at radius 3 is 2.96 bits per heavy atom. The van der Waals surface area contributed by atoms with Gasteiger partial charge >= 0.3 is 0 Å². The van der Waals surface area contributed by atoms with E-state index < -0.39 is 0 Å². The molecule has 0 spiro atoms. The van der Waals surface area contributed by atoms with Crippen LogP contribution in [0.1, 0.15) is 42.2 Å². The highest BCUT2D eigenvalue weighted by Gasteiger charge is 2.26. The monoisotopic (exact) mass is 332 g/mol. The molecule has 3 rings (SSSR count). The summed E-state index contributed by atoms with van der Waals surface area (Å²) in [6.07, 6.45) is 8.72. The highest BCUT2D eigenvalue weighted by Crippen LogP contribution is 2.22. The van der Waals surface area contributed by atoms with Crippen molar-refractivity contribution in [2.45, 2.75) is 58.5 Å². The van der Waals surface area contributed by atoms with Gasteiger partial charge in [0.2, 0.25) is 5.91 Å². The number of amides is 1. The molecular formula is C17H24N4OS. The number of carbonyl (C=O) groups is 1. The van der Waals surface area contributed by atoms with E-state index in [1.807, 2.05) is 31.6 Å². The van der Waals surface area contributed by atoms with Gasteiger partial charge < -0.3 is 9.47 Å². The minimum absolute atomic E-state index is 0.224. The van der Waals surface area contributed by atoms with Gasteiger partial charge in [0.25, 0.3) is 0 Å². The van der Waals surface area contributed by atoms with Crippen molar-refractivity contribution in [2.24, 2.45) is 0 Å². The van der Waals surface area contributed by atoms with Crippen molar-refractivity contribution in [3.05, 3.63) is 34.3 Å². The Bertz CT molecular complexity index is 663. The van der Waals surface area contributed by atoms with Crippen molar-refractivity contribution < 1.29 is 4.79 Å². The highest BCUT2D eigenvalue weighted by molar-refractivity contribution is 7.09. The van der Waals surface area contributed by atoms with Gasteiger partial charge in [-0.25, -0.2) is 9.97 Å². The summed E-state index contributed by atoms with van der Waals surface area (Å²) in [5.41, 5.74) is 0.910. The molecule has 124 valence electrons. The summed E-state index contributed by atoms with van der Waals surface area (Å²) in [4.78, 5) is 23.5. The normalized spacial score (nSPS) is 18.3. The highest BCUT2D eigenvalue weighted by atomic mass is 32.1. The van der Waals surface area contributed by atoms with Gasteiger partial charge in [0.05, 0.1) is 17.1 Å². The Morgan fingerprint density at radius 1 is 1.39 bits per heavy atom. The van der Waals surface area contributed by atoms with Gasteiger partial charge in [-0.15, -0.1) is 11.3 Å². The first kappa shape index (κ1) is 16.2. The molecular weight excluding hydrogens is 308 g/mol. The van der Waals surface area contributed by atoms with Gasteiger partial charge in [-0.3, -0.25) is 4.79 Å². The molecule has 0 bridgehead atoms. The molecule has 2 aromatic rings. The quantitative estimate of drug-likeness (QED) is 0.846. The van der Waals surface area contributed by atoms with Crippen LogP contribution in [-0.2, 0) is 17.8 Å². The molecule has 0 radical (unpaired) electrons. The van der Waals surface area contributed by atoms with Crippen LogP contribution in [0.2, 0.25) is 0 Å². The fraction of sp³-hybridized carbons (Fsp3) is 0.588. The topological polar surface area (TPSA) is 51.0 Å². The minimum Gasteiger partial charge on any atom is -0.339 e. The number of hydrogen-bond acceptors (Lipinski definition) is 4. The number of rotatable bonds is 5. The fourth-order valence-electron chi connectivity index (χ4n) is 3.30. The van der Waals surface area contributed by atoms with E-state index in [0.29, 0.717) is 12.5 Å². The summed E-state index contributed by atoms with van der Waals surface area (Å²) in [7, 11) is 0. The molecule has 2 aromatic heterocycles. The number of thiazole rings is 1. The summed E-state index contributed by atoms with van der Waals surface area (Å²) < 4.78 is 2.17. The average Bonchev–Trinajstić information content (AvgIpc) is 3.14. The van der Waals surface area contributed by atoms with E-state index in [9.17, 15) is 4.79 Å². The maximum Gasteiger partial charge on any atom is 0.228 e. The number of aromatic nitrogens is 3. The van der Waals surface area contributed by atoms with Crippen LogP contribution in [0.5, 0.6) is 0 Å². The van der Waals surface area contributed by atoms with Crippen LogP contribution in [0.25, 0.3) is 0 Å². The first-order valence-corrected chi connectivity index (χ1v) is 9.19. The summed E-state index contributed by atoms with van der Waals surface area (Å²) >= 11 is 1.61. The number of carbonyl (C=O) groups excluding carboxylic acids is 1. The summed E-state index contributed by atoms with van der Waals surface area (Å²) in [5, 5.41) is 3.03. The van der Waals surface area contributed by atoms with Gasteiger partial charge in [0, 0.05) is 36.9 Å². The fourth-order valence-corrected chi connectivity index (χ4v) is 3.92. The van der Waals surface area contributed by atoms with Crippen LogP contribution in [0.4, 0.5) is 0 Å². The molecule has 0 N–H and O–H groups in total. The van der Waals surface area contributed by atoms with Crippen molar-refractivity contribution in [3.8, 4) is 0 Å². The maximum atomic E-state index is 12.7. The van der Waals surface area contributed by atoms with E-state index in [4.69, 9.17) is 0 Å². The van der Waals surface area contributed by atoms with E-state index in [1.165, 1.54) is 6.42 Å². The zero-order valence-corrected chi connectivity index (χ0v) is 14.7. The molecule has 1 aliphatic rings. The predicted molar refractivity (Wildman–Crippen MR) is 91.5 cm³/mol. The number of hydrogen-bond donors (Lipinski definition) is 0. The lowest BCUT2D eigenvalue weighted by atomic mass is 9.98. The third kappa shape index (κ3) is 3.99. The van der Waals surface area contributed by atoms with Crippen molar-refractivity contribution in [2.75, 3.05) is 6.54 Å². The van der Waals surface area contributed by atoms with Gasteiger partial charge in [0.1, 0.15) is 5.82 Å². The van der Waals surface area contributed by atoms with Crippen molar-refractivity contribution >= 4 is 17.2 Å². The molecule has 1 saturated heterocycles. The molecule has 23 heavy (non-hydrogen) atoms. The molecule has 0 aromatic carbocycles. The molecule has 1 amide bonds. The Kier molecular flexibility index (Phi) is 5.10. The Hall–Kier alpha value is -1.69. The lowest BCUT2D eigenvalue weighted by molar-refractivity contribution is -0.134. The summed E-state index contributed by atoms with van der Waals surface area (Å²) in [6, 6.07) is 0.345. The minimum atomic E-state index is 0.224. The average molecular weight is 332 g/mol. The molecule has 1 aliphatic heterocycles. The Labute approximate surface area is 141 Å². The summed E-state index contributed by atoms with van der Waals surface area (Å²) in [5.74, 6) is 1.26. The molecule has 6 heteroatoms. The molecule has 1 atom stereocenters. The SMILES string of the molecule is Cc1nc(CC(=O)N2CCCCC2CCn2ccnc2C)cs1. The van der Waals surface area contributed by atoms with Gasteiger partial charge in [-0.2, -0.15) is 0 Å². The van der Waals surface area contributed by atoms with E-state index in [2.05, 4.69) is 19.4 Å². The number of nitrogens with zero attached hydrogens (tertiary/aromatic N) is 4. The summed E-state index contributed by atoms with van der Waals surface area (Å²) in [6.45, 7) is 5.82. The molecule has 0 aliphatic carbocycles. The number of likely N-dealkylation sites (tertiary alicyclic amines) is 1. The van der Waals surface area contributed by atoms with Gasteiger partial charge in [0.15, 0.2) is 0 Å². The first-order valence-electron chi connectivity index (χ1n) is 8.31. The van der Waals surface area contributed by atoms with E-state index in [-0.39, 0.29) is 5.91 Å². The third-order valence-corrected chi connectivity index (χ3v) is 5.40. The van der Waals surface area contributed by atoms with Crippen LogP contribution < -0.4 is 0 Å². The second-order valence-electron chi connectivity index (χ2n) is 6.23. The lowest BCUT2D eigenvalue weighted by Crippen LogP contribution is -2.45. The Morgan fingerprint density at radius 2 is 2.26 bits per heavy atom. The van der Waals surface area contributed by atoms with Crippen molar-refractivity contribution in [3.63, 3.8) is 0 Å². The second kappa shape index (κ2) is 7.25. The molecule has 1 fully saturated rings. The van der Waals surface area contributed by atoms with Crippen LogP contribution in [0.3, 0.4) is 0 Å². The predicted octanol–water partition coefficient (Wildman–Crippen LogP) is 2.97. The second-order valence-corrected chi connectivity index (χ2v) is 7.29. The maximum absolute atomic E-state index is 12.7.